The standard InChI is InChI=1S/C24H28N2O3/c1-15-6-9-21(28-5)20(12-15)18(4)26-23(27)10-11-24-25-14-22(29-24)19-8-7-16(2)17(3)13-19/h6-9,12-14,18H,10-11H2,1-5H3,(H,26,27). The van der Waals surface area contributed by atoms with Gasteiger partial charge >= 0.3 is 0 Å². The van der Waals surface area contributed by atoms with Crippen LogP contribution in [0.1, 0.15) is 47.5 Å². The molecule has 1 heterocycles. The molecule has 5 heteroatoms. The van der Waals surface area contributed by atoms with E-state index in [0.29, 0.717) is 18.7 Å². The van der Waals surface area contributed by atoms with Crippen LogP contribution >= 0.6 is 0 Å². The molecule has 0 aliphatic rings. The van der Waals surface area contributed by atoms with Gasteiger partial charge in [-0.2, -0.15) is 0 Å². The lowest BCUT2D eigenvalue weighted by Crippen LogP contribution is -2.27. The van der Waals surface area contributed by atoms with Gasteiger partial charge in [-0.1, -0.05) is 29.8 Å². The second-order valence-corrected chi connectivity index (χ2v) is 7.45. The molecule has 1 aromatic heterocycles. The number of hydrogen-bond donors (Lipinski definition) is 1. The van der Waals surface area contributed by atoms with Gasteiger partial charge in [-0.05, 0) is 51.0 Å². The lowest BCUT2D eigenvalue weighted by molar-refractivity contribution is -0.121. The van der Waals surface area contributed by atoms with E-state index in [4.69, 9.17) is 9.15 Å². The first-order valence-corrected chi connectivity index (χ1v) is 9.83. The molecule has 3 aromatic rings. The van der Waals surface area contributed by atoms with Gasteiger partial charge in [-0.15, -0.1) is 0 Å². The number of rotatable bonds is 7. The summed E-state index contributed by atoms with van der Waals surface area (Å²) in [6, 6.07) is 12.0. The summed E-state index contributed by atoms with van der Waals surface area (Å²) in [7, 11) is 1.64. The molecule has 2 aromatic carbocycles. The maximum absolute atomic E-state index is 12.4. The Labute approximate surface area is 172 Å². The fraction of sp³-hybridized carbons (Fsp3) is 0.333. The van der Waals surface area contributed by atoms with Gasteiger partial charge in [0.2, 0.25) is 5.91 Å². The monoisotopic (exact) mass is 392 g/mol. The molecule has 0 spiro atoms. The molecule has 3 rings (SSSR count). The van der Waals surface area contributed by atoms with Crippen molar-refractivity contribution < 1.29 is 13.9 Å². The van der Waals surface area contributed by atoms with Crippen molar-refractivity contribution in [3.05, 3.63) is 70.7 Å². The minimum atomic E-state index is -0.145. The third-order valence-electron chi connectivity index (χ3n) is 5.14. The first-order chi connectivity index (χ1) is 13.9. The molecular weight excluding hydrogens is 364 g/mol. The number of amides is 1. The largest absolute Gasteiger partial charge is 0.496 e. The first-order valence-electron chi connectivity index (χ1n) is 9.83. The molecule has 5 nitrogen and oxygen atoms in total. The van der Waals surface area contributed by atoms with E-state index in [1.807, 2.05) is 38.1 Å². The molecule has 1 amide bonds. The van der Waals surface area contributed by atoms with Gasteiger partial charge in [0.05, 0.1) is 19.3 Å². The fourth-order valence-corrected chi connectivity index (χ4v) is 3.26. The van der Waals surface area contributed by atoms with Crippen LogP contribution in [0.25, 0.3) is 11.3 Å². The molecule has 0 bridgehead atoms. The Morgan fingerprint density at radius 1 is 1.14 bits per heavy atom. The van der Waals surface area contributed by atoms with E-state index in [1.54, 1.807) is 13.3 Å². The van der Waals surface area contributed by atoms with E-state index in [9.17, 15) is 4.79 Å². The molecule has 0 radical (unpaired) electrons. The highest BCUT2D eigenvalue weighted by Crippen LogP contribution is 2.26. The van der Waals surface area contributed by atoms with Crippen LogP contribution in [-0.2, 0) is 11.2 Å². The molecule has 1 unspecified atom stereocenters. The normalized spacial score (nSPS) is 11.9. The summed E-state index contributed by atoms with van der Waals surface area (Å²) < 4.78 is 11.3. The predicted octanol–water partition coefficient (Wildman–Crippen LogP) is 5.09. The molecule has 0 fully saturated rings. The van der Waals surface area contributed by atoms with Crippen LogP contribution in [0.3, 0.4) is 0 Å². The quantitative estimate of drug-likeness (QED) is 0.609. The fourth-order valence-electron chi connectivity index (χ4n) is 3.26. The van der Waals surface area contributed by atoms with Crippen LogP contribution in [0.5, 0.6) is 5.75 Å². The zero-order valence-corrected chi connectivity index (χ0v) is 17.7. The molecule has 0 saturated carbocycles. The summed E-state index contributed by atoms with van der Waals surface area (Å²) in [6.45, 7) is 8.13. The van der Waals surface area contributed by atoms with Gasteiger partial charge in [0.25, 0.3) is 0 Å². The zero-order valence-electron chi connectivity index (χ0n) is 17.7. The summed E-state index contributed by atoms with van der Waals surface area (Å²) in [5.41, 5.74) is 5.54. The van der Waals surface area contributed by atoms with Crippen molar-refractivity contribution in [1.82, 2.24) is 10.3 Å². The number of benzene rings is 2. The van der Waals surface area contributed by atoms with E-state index >= 15 is 0 Å². The molecule has 0 aliphatic carbocycles. The van der Waals surface area contributed by atoms with Crippen LogP contribution in [0, 0.1) is 20.8 Å². The summed E-state index contributed by atoms with van der Waals surface area (Å²) >= 11 is 0. The molecule has 29 heavy (non-hydrogen) atoms. The van der Waals surface area contributed by atoms with Crippen molar-refractivity contribution in [3.63, 3.8) is 0 Å². The Morgan fingerprint density at radius 2 is 1.93 bits per heavy atom. The van der Waals surface area contributed by atoms with Crippen molar-refractivity contribution in [2.75, 3.05) is 7.11 Å². The average molecular weight is 392 g/mol. The van der Waals surface area contributed by atoms with Gasteiger partial charge < -0.3 is 14.5 Å². The Balaban J connectivity index is 1.59. The van der Waals surface area contributed by atoms with Gasteiger partial charge in [0.1, 0.15) is 5.75 Å². The number of nitrogens with one attached hydrogen (secondary N) is 1. The molecule has 0 saturated heterocycles. The SMILES string of the molecule is COc1ccc(C)cc1C(C)NC(=O)CCc1ncc(-c2ccc(C)c(C)c2)o1. The van der Waals surface area contributed by atoms with Gasteiger partial charge in [-0.25, -0.2) is 4.98 Å². The average Bonchev–Trinajstić information content (AvgIpc) is 3.17. The Kier molecular flexibility index (Phi) is 6.37. The van der Waals surface area contributed by atoms with Gasteiger partial charge in [0.15, 0.2) is 11.7 Å². The van der Waals surface area contributed by atoms with Crippen LogP contribution in [0.4, 0.5) is 0 Å². The third kappa shape index (κ3) is 5.05. The Bertz CT molecular complexity index is 1010. The highest BCUT2D eigenvalue weighted by atomic mass is 16.5. The molecular formula is C24H28N2O3. The van der Waals surface area contributed by atoms with Crippen LogP contribution in [0.15, 0.2) is 47.0 Å². The number of methoxy groups -OCH3 is 1. The number of carbonyl (C=O) groups excluding carboxylic acids is 1. The van der Waals surface area contributed by atoms with Crippen molar-refractivity contribution >= 4 is 5.91 Å². The highest BCUT2D eigenvalue weighted by molar-refractivity contribution is 5.76. The van der Waals surface area contributed by atoms with Crippen LogP contribution in [0.2, 0.25) is 0 Å². The van der Waals surface area contributed by atoms with E-state index in [1.165, 1.54) is 11.1 Å². The van der Waals surface area contributed by atoms with Gasteiger partial charge in [-0.3, -0.25) is 4.79 Å². The summed E-state index contributed by atoms with van der Waals surface area (Å²) in [5.74, 6) is 2.01. The summed E-state index contributed by atoms with van der Waals surface area (Å²) in [4.78, 5) is 16.7. The molecule has 152 valence electrons. The number of ether oxygens (including phenoxy) is 1. The number of aryl methyl sites for hydroxylation is 4. The number of carbonyl (C=O) groups is 1. The van der Waals surface area contributed by atoms with Crippen LogP contribution in [-0.4, -0.2) is 18.0 Å². The molecule has 0 aliphatic heterocycles. The lowest BCUT2D eigenvalue weighted by Gasteiger charge is -2.18. The maximum atomic E-state index is 12.4. The van der Waals surface area contributed by atoms with E-state index < -0.39 is 0 Å². The van der Waals surface area contributed by atoms with E-state index in [-0.39, 0.29) is 11.9 Å². The number of oxazole rings is 1. The Morgan fingerprint density at radius 3 is 2.66 bits per heavy atom. The summed E-state index contributed by atoms with van der Waals surface area (Å²) in [6.07, 6.45) is 2.48. The zero-order chi connectivity index (χ0) is 21.0. The predicted molar refractivity (Wildman–Crippen MR) is 114 cm³/mol. The minimum Gasteiger partial charge on any atom is -0.496 e. The number of nitrogens with zero attached hydrogens (tertiary/aromatic N) is 1. The van der Waals surface area contributed by atoms with Crippen molar-refractivity contribution in [2.45, 2.75) is 46.6 Å². The molecule has 1 N–H and O–H groups in total. The van der Waals surface area contributed by atoms with E-state index in [2.05, 4.69) is 36.3 Å². The molecule has 1 atom stereocenters. The smallest absolute Gasteiger partial charge is 0.220 e. The second kappa shape index (κ2) is 8.95. The minimum absolute atomic E-state index is 0.0491. The first kappa shape index (κ1) is 20.6. The highest BCUT2D eigenvalue weighted by Gasteiger charge is 2.15. The van der Waals surface area contributed by atoms with Crippen molar-refractivity contribution in [3.8, 4) is 17.1 Å². The van der Waals surface area contributed by atoms with Crippen LogP contribution < -0.4 is 10.1 Å². The Hall–Kier alpha value is -3.08. The summed E-state index contributed by atoms with van der Waals surface area (Å²) in [5, 5.41) is 3.03. The number of aromatic nitrogens is 1. The van der Waals surface area contributed by atoms with Crippen molar-refractivity contribution in [2.24, 2.45) is 0 Å². The lowest BCUT2D eigenvalue weighted by atomic mass is 10.0. The van der Waals surface area contributed by atoms with Gasteiger partial charge in [0, 0.05) is 24.0 Å². The van der Waals surface area contributed by atoms with Crippen molar-refractivity contribution in [1.29, 1.82) is 0 Å². The third-order valence-corrected chi connectivity index (χ3v) is 5.14. The number of hydrogen-bond acceptors (Lipinski definition) is 4. The maximum Gasteiger partial charge on any atom is 0.220 e. The second-order valence-electron chi connectivity index (χ2n) is 7.45. The van der Waals surface area contributed by atoms with E-state index in [0.717, 1.165) is 28.2 Å². The topological polar surface area (TPSA) is 64.4 Å².